The fourth-order valence-corrected chi connectivity index (χ4v) is 5.60. The van der Waals surface area contributed by atoms with Gasteiger partial charge in [-0.3, -0.25) is 4.98 Å². The third kappa shape index (κ3) is 6.36. The Balaban J connectivity index is 0.000000194. The summed E-state index contributed by atoms with van der Waals surface area (Å²) < 4.78 is 12.4. The maximum Gasteiger partial charge on any atom is 0.139 e. The first kappa shape index (κ1) is 32.3. The average Bonchev–Trinajstić information content (AvgIpc) is 3.61. The molecule has 0 aliphatic rings. The summed E-state index contributed by atoms with van der Waals surface area (Å²) in [5.74, 6) is 0. The van der Waals surface area contributed by atoms with Crippen molar-refractivity contribution in [3.05, 3.63) is 127 Å². The molecule has 0 aliphatic carbocycles. The van der Waals surface area contributed by atoms with Gasteiger partial charge < -0.3 is 13.8 Å². The standard InChI is InChI=1S/C26H19N2O2.C15H16N.Ir/c1-26(2,3)24-12-20(27-14-28-24)17-9-6-8-16-19-11-18-15-7-4-5-10-21(15)29-22(18)13-23(19)30-25(16)17;1-15(2,3)13-9-10-14(16-11-13)12-7-5-4-6-8-12;/h4-8,10-14H,1-3H3;4-7,9-11H,1-3H3;/q2*-1;. The van der Waals surface area contributed by atoms with Gasteiger partial charge in [-0.25, -0.2) is 4.98 Å². The third-order valence-electron chi connectivity index (χ3n) is 8.24. The number of aromatic nitrogens is 3. The number of hydrogen-bond donors (Lipinski definition) is 0. The SMILES string of the molecule is CC(C)(C)c1cc(-c2[c-]ccc3c2oc2cc4oc5ccccc5c4cc23)ncn1.CC(C)(C)c1ccc(-c2[c-]cccc2)nc1.[Ir]. The van der Waals surface area contributed by atoms with E-state index >= 15 is 0 Å². The van der Waals surface area contributed by atoms with E-state index in [1.165, 1.54) is 5.56 Å². The fourth-order valence-electron chi connectivity index (χ4n) is 5.60. The summed E-state index contributed by atoms with van der Waals surface area (Å²) in [6.45, 7) is 13.0. The van der Waals surface area contributed by atoms with Crippen molar-refractivity contribution in [1.29, 1.82) is 0 Å². The Morgan fingerprint density at radius 3 is 2.06 bits per heavy atom. The Morgan fingerprint density at radius 2 is 1.34 bits per heavy atom. The first-order valence-corrected chi connectivity index (χ1v) is 15.5. The normalized spacial score (nSPS) is 11.9. The van der Waals surface area contributed by atoms with E-state index in [1.807, 2.05) is 72.9 Å². The number of furan rings is 2. The molecule has 0 fully saturated rings. The zero-order chi connectivity index (χ0) is 32.1. The van der Waals surface area contributed by atoms with E-state index in [0.29, 0.717) is 0 Å². The summed E-state index contributed by atoms with van der Waals surface area (Å²) in [6.07, 6.45) is 3.57. The zero-order valence-electron chi connectivity index (χ0n) is 27.3. The van der Waals surface area contributed by atoms with Gasteiger partial charge >= 0.3 is 0 Å². The van der Waals surface area contributed by atoms with Crippen LogP contribution in [0.1, 0.15) is 52.8 Å². The Hall–Kier alpha value is -4.64. The van der Waals surface area contributed by atoms with Crippen molar-refractivity contribution in [3.63, 3.8) is 0 Å². The van der Waals surface area contributed by atoms with E-state index in [4.69, 9.17) is 8.83 Å². The van der Waals surface area contributed by atoms with Gasteiger partial charge in [-0.2, -0.15) is 0 Å². The van der Waals surface area contributed by atoms with Crippen molar-refractivity contribution in [2.75, 3.05) is 0 Å². The van der Waals surface area contributed by atoms with Crippen LogP contribution in [0.25, 0.3) is 66.4 Å². The van der Waals surface area contributed by atoms with E-state index in [-0.39, 0.29) is 30.9 Å². The molecular formula is C41H35IrN3O2-2. The van der Waals surface area contributed by atoms with Crippen LogP contribution in [-0.2, 0) is 30.9 Å². The molecule has 1 radical (unpaired) electrons. The second-order valence-corrected chi connectivity index (χ2v) is 13.6. The predicted molar refractivity (Wildman–Crippen MR) is 187 cm³/mol. The molecule has 8 aromatic rings. The summed E-state index contributed by atoms with van der Waals surface area (Å²) in [5.41, 5.74) is 9.30. The van der Waals surface area contributed by atoms with Gasteiger partial charge in [0.25, 0.3) is 0 Å². The molecule has 6 heteroatoms. The van der Waals surface area contributed by atoms with Crippen LogP contribution < -0.4 is 0 Å². The Bertz CT molecular complexity index is 2320. The summed E-state index contributed by atoms with van der Waals surface area (Å²) in [6, 6.07) is 36.9. The number of hydrogen-bond acceptors (Lipinski definition) is 5. The van der Waals surface area contributed by atoms with E-state index in [9.17, 15) is 0 Å². The Morgan fingerprint density at radius 1 is 0.574 bits per heavy atom. The summed E-state index contributed by atoms with van der Waals surface area (Å²) >= 11 is 0. The molecule has 4 aromatic carbocycles. The van der Waals surface area contributed by atoms with Crippen molar-refractivity contribution >= 4 is 43.9 Å². The maximum absolute atomic E-state index is 6.32. The Labute approximate surface area is 288 Å². The molecule has 237 valence electrons. The quantitative estimate of drug-likeness (QED) is 0.163. The molecule has 0 atom stereocenters. The van der Waals surface area contributed by atoms with Crippen molar-refractivity contribution < 1.29 is 28.9 Å². The minimum atomic E-state index is -0.0645. The summed E-state index contributed by atoms with van der Waals surface area (Å²) in [5, 5.41) is 4.30. The first-order valence-electron chi connectivity index (χ1n) is 15.5. The van der Waals surface area contributed by atoms with Gasteiger partial charge in [0.05, 0.1) is 5.58 Å². The smallest absolute Gasteiger partial charge is 0.139 e. The molecule has 5 nitrogen and oxygen atoms in total. The van der Waals surface area contributed by atoms with Crippen molar-refractivity contribution in [1.82, 2.24) is 15.0 Å². The van der Waals surface area contributed by atoms with Crippen LogP contribution in [0.4, 0.5) is 0 Å². The van der Waals surface area contributed by atoms with E-state index < -0.39 is 0 Å². The summed E-state index contributed by atoms with van der Waals surface area (Å²) in [4.78, 5) is 13.4. The second-order valence-electron chi connectivity index (χ2n) is 13.6. The third-order valence-corrected chi connectivity index (χ3v) is 8.24. The molecule has 0 saturated carbocycles. The molecule has 0 bridgehead atoms. The number of fused-ring (bicyclic) bond motifs is 6. The van der Waals surface area contributed by atoms with Crippen LogP contribution in [0.3, 0.4) is 0 Å². The number of rotatable bonds is 2. The first-order chi connectivity index (χ1) is 22.1. The van der Waals surface area contributed by atoms with Crippen LogP contribution in [0, 0.1) is 12.1 Å². The van der Waals surface area contributed by atoms with Crippen molar-refractivity contribution in [3.8, 4) is 22.5 Å². The van der Waals surface area contributed by atoms with E-state index in [0.717, 1.165) is 72.1 Å². The molecule has 4 heterocycles. The van der Waals surface area contributed by atoms with Crippen LogP contribution in [0.2, 0.25) is 0 Å². The average molecular weight is 794 g/mol. The van der Waals surface area contributed by atoms with Gasteiger partial charge in [0.2, 0.25) is 0 Å². The number of benzene rings is 4. The topological polar surface area (TPSA) is 65.0 Å². The number of pyridine rings is 1. The van der Waals surface area contributed by atoms with Crippen LogP contribution in [0.15, 0.2) is 112 Å². The van der Waals surface area contributed by atoms with Gasteiger partial charge in [0.15, 0.2) is 0 Å². The number of para-hydroxylation sites is 1. The predicted octanol–water partition coefficient (Wildman–Crippen LogP) is 10.9. The maximum atomic E-state index is 6.32. The van der Waals surface area contributed by atoms with Crippen LogP contribution in [0.5, 0.6) is 0 Å². The van der Waals surface area contributed by atoms with Gasteiger partial charge in [0.1, 0.15) is 23.1 Å². The Kier molecular flexibility index (Phi) is 8.60. The van der Waals surface area contributed by atoms with Crippen LogP contribution in [-0.4, -0.2) is 15.0 Å². The van der Waals surface area contributed by atoms with E-state index in [2.05, 4.69) is 92.9 Å². The molecule has 0 amide bonds. The zero-order valence-corrected chi connectivity index (χ0v) is 29.7. The number of nitrogens with zero attached hydrogens (tertiary/aromatic N) is 3. The summed E-state index contributed by atoms with van der Waals surface area (Å²) in [7, 11) is 0. The molecule has 0 unspecified atom stereocenters. The second kappa shape index (κ2) is 12.5. The fraction of sp³-hybridized carbons (Fsp3) is 0.195. The van der Waals surface area contributed by atoms with Crippen LogP contribution >= 0.6 is 0 Å². The minimum absolute atomic E-state index is 0. The van der Waals surface area contributed by atoms with Gasteiger partial charge in [0, 0.05) is 59.6 Å². The molecular weight excluding hydrogens is 759 g/mol. The van der Waals surface area contributed by atoms with E-state index in [1.54, 1.807) is 6.33 Å². The molecule has 0 aliphatic heterocycles. The minimum Gasteiger partial charge on any atom is -0.500 e. The molecule has 4 aromatic heterocycles. The molecule has 47 heavy (non-hydrogen) atoms. The van der Waals surface area contributed by atoms with Gasteiger partial charge in [-0.1, -0.05) is 88.9 Å². The van der Waals surface area contributed by atoms with Gasteiger partial charge in [-0.15, -0.1) is 54.1 Å². The van der Waals surface area contributed by atoms with Gasteiger partial charge in [-0.05, 0) is 34.5 Å². The molecule has 8 rings (SSSR count). The monoisotopic (exact) mass is 794 g/mol. The molecule has 0 N–H and O–H groups in total. The largest absolute Gasteiger partial charge is 0.500 e. The molecule has 0 saturated heterocycles. The van der Waals surface area contributed by atoms with Crippen molar-refractivity contribution in [2.45, 2.75) is 52.4 Å². The van der Waals surface area contributed by atoms with Crippen molar-refractivity contribution in [2.24, 2.45) is 0 Å². The molecule has 0 spiro atoms.